The molecule has 0 aromatic heterocycles. The van der Waals surface area contributed by atoms with Crippen molar-refractivity contribution in [2.75, 3.05) is 13.2 Å². The van der Waals surface area contributed by atoms with Crippen molar-refractivity contribution in [1.82, 2.24) is 0 Å². The van der Waals surface area contributed by atoms with Crippen LogP contribution in [-0.2, 0) is 38.0 Å². The van der Waals surface area contributed by atoms with E-state index in [4.69, 9.17) is 33.2 Å². The van der Waals surface area contributed by atoms with Crippen LogP contribution in [0.15, 0.2) is 0 Å². The van der Waals surface area contributed by atoms with Crippen molar-refractivity contribution in [3.8, 4) is 0 Å². The summed E-state index contributed by atoms with van der Waals surface area (Å²) >= 11 is 0. The van der Waals surface area contributed by atoms with E-state index in [-0.39, 0.29) is 11.9 Å². The lowest BCUT2D eigenvalue weighted by molar-refractivity contribution is -0.153. The van der Waals surface area contributed by atoms with E-state index in [1.807, 2.05) is 0 Å². The second kappa shape index (κ2) is 11.2. The number of ether oxygens (including phenoxy) is 7. The maximum absolute atomic E-state index is 12.4. The van der Waals surface area contributed by atoms with Gasteiger partial charge in [-0.05, 0) is 113 Å². The molecule has 6 saturated carbocycles. The number of carbonyl (C=O) groups excluding carboxylic acids is 1. The fourth-order valence-electron chi connectivity index (χ4n) is 9.66. The van der Waals surface area contributed by atoms with Gasteiger partial charge in [-0.25, -0.2) is 0 Å². The van der Waals surface area contributed by atoms with Crippen molar-refractivity contribution < 1.29 is 38.0 Å². The minimum atomic E-state index is 0.0777. The zero-order valence-corrected chi connectivity index (χ0v) is 26.1. The molecule has 11 rings (SSSR count). The van der Waals surface area contributed by atoms with Crippen LogP contribution in [0.4, 0.5) is 0 Å². The van der Waals surface area contributed by atoms with Crippen molar-refractivity contribution in [2.24, 2.45) is 41.4 Å². The minimum absolute atomic E-state index is 0.0777. The van der Waals surface area contributed by atoms with Crippen LogP contribution in [0.3, 0.4) is 0 Å². The summed E-state index contributed by atoms with van der Waals surface area (Å²) in [4.78, 5) is 12.4. The van der Waals surface area contributed by atoms with E-state index < -0.39 is 0 Å². The highest BCUT2D eigenvalue weighted by Gasteiger charge is 2.56. The van der Waals surface area contributed by atoms with E-state index in [0.29, 0.717) is 91.5 Å². The molecule has 8 heteroatoms. The molecule has 0 N–H and O–H groups in total. The monoisotopic (exact) mass is 600 g/mol. The standard InChI is InChI=1S/C17H26O3.C10H14O3.C8H12O2/c1-9-4-15-16(20-15)7-13(9)8-19-17(18)14-6-12-5-11(12)3-10(14)2;1-3-7-9(12-7)5(1)11-6-2-4-8-10(6)13-8;1-2-6-7(10-6)3-5(1)8-4-9-8/h9-16H,3-8H2,1-2H3;5-10H,1-4H2;5-8H,1-4H2. The number of fused-ring (bicyclic) bond motifs is 5. The fourth-order valence-corrected chi connectivity index (χ4v) is 9.66. The van der Waals surface area contributed by atoms with Crippen LogP contribution >= 0.6 is 0 Å². The first-order valence-electron chi connectivity index (χ1n) is 18.0. The number of epoxide rings is 5. The van der Waals surface area contributed by atoms with Crippen LogP contribution in [0.1, 0.15) is 90.9 Å². The molecule has 0 aromatic rings. The zero-order valence-electron chi connectivity index (χ0n) is 26.1. The summed E-state index contributed by atoms with van der Waals surface area (Å²) in [5, 5.41) is 0. The third kappa shape index (κ3) is 6.32. The number of esters is 1. The predicted octanol–water partition coefficient (Wildman–Crippen LogP) is 4.84. The first-order chi connectivity index (χ1) is 21.0. The summed E-state index contributed by atoms with van der Waals surface area (Å²) in [7, 11) is 0. The van der Waals surface area contributed by atoms with Gasteiger partial charge in [0.1, 0.15) is 12.2 Å². The van der Waals surface area contributed by atoms with Gasteiger partial charge in [-0.3, -0.25) is 4.79 Å². The predicted molar refractivity (Wildman–Crippen MR) is 155 cm³/mol. The van der Waals surface area contributed by atoms with Crippen molar-refractivity contribution >= 4 is 5.97 Å². The van der Waals surface area contributed by atoms with Gasteiger partial charge >= 0.3 is 5.97 Å². The molecule has 18 unspecified atom stereocenters. The first-order valence-corrected chi connectivity index (χ1v) is 18.0. The van der Waals surface area contributed by atoms with E-state index >= 15 is 0 Å². The molecule has 0 spiro atoms. The first kappa shape index (κ1) is 28.5. The Bertz CT molecular complexity index is 1020. The summed E-state index contributed by atoms with van der Waals surface area (Å²) in [6, 6.07) is 0. The maximum atomic E-state index is 12.4. The Kier molecular flexibility index (Phi) is 7.40. The molecule has 5 saturated heterocycles. The van der Waals surface area contributed by atoms with E-state index in [9.17, 15) is 4.79 Å². The second-order valence-corrected chi connectivity index (χ2v) is 16.2. The van der Waals surface area contributed by atoms with Gasteiger partial charge in [-0.2, -0.15) is 0 Å². The number of hydrogen-bond donors (Lipinski definition) is 0. The largest absolute Gasteiger partial charge is 0.465 e. The van der Waals surface area contributed by atoms with Gasteiger partial charge < -0.3 is 33.2 Å². The van der Waals surface area contributed by atoms with E-state index in [1.165, 1.54) is 57.8 Å². The molecular formula is C35H52O8. The summed E-state index contributed by atoms with van der Waals surface area (Å²) in [6.45, 7) is 6.13. The molecule has 11 fully saturated rings. The van der Waals surface area contributed by atoms with E-state index in [2.05, 4.69) is 13.8 Å². The Morgan fingerprint density at radius 3 is 1.91 bits per heavy atom. The summed E-state index contributed by atoms with van der Waals surface area (Å²) in [5.74, 6) is 4.50. The molecular weight excluding hydrogens is 548 g/mol. The van der Waals surface area contributed by atoms with E-state index in [1.54, 1.807) is 0 Å². The molecule has 43 heavy (non-hydrogen) atoms. The number of rotatable bonds is 6. The molecule has 5 aliphatic heterocycles. The van der Waals surface area contributed by atoms with Crippen LogP contribution in [0.25, 0.3) is 0 Å². The van der Waals surface area contributed by atoms with Crippen LogP contribution in [0.2, 0.25) is 0 Å². The fraction of sp³-hybridized carbons (Fsp3) is 0.971. The third-order valence-corrected chi connectivity index (χ3v) is 13.1. The zero-order chi connectivity index (χ0) is 28.8. The van der Waals surface area contributed by atoms with Crippen LogP contribution in [0, 0.1) is 41.4 Å². The Morgan fingerprint density at radius 1 is 0.605 bits per heavy atom. The highest BCUT2D eigenvalue weighted by molar-refractivity contribution is 5.73. The summed E-state index contributed by atoms with van der Waals surface area (Å²) in [5.41, 5.74) is 0. The maximum Gasteiger partial charge on any atom is 0.309 e. The SMILES string of the molecule is C1CC2OC2C1OC1CCC2OC12.C1CC2OC2CC1C1CO1.CC1CC2OC2CC1COC(=O)C1CC2CC2CC1C. The van der Waals surface area contributed by atoms with Crippen LogP contribution in [-0.4, -0.2) is 86.3 Å². The molecule has 18 atom stereocenters. The van der Waals surface area contributed by atoms with Gasteiger partial charge in [0.2, 0.25) is 0 Å². The lowest BCUT2D eigenvalue weighted by Crippen LogP contribution is -2.32. The third-order valence-electron chi connectivity index (χ3n) is 13.1. The van der Waals surface area contributed by atoms with Gasteiger partial charge in [0.25, 0.3) is 0 Å². The molecule has 0 amide bonds. The van der Waals surface area contributed by atoms with Crippen LogP contribution in [0.5, 0.6) is 0 Å². The Hall–Kier alpha value is -0.770. The Balaban J connectivity index is 0.0000000967. The molecule has 0 aromatic carbocycles. The average Bonchev–Trinajstić information content (AvgIpc) is 3.80. The van der Waals surface area contributed by atoms with Crippen molar-refractivity contribution in [2.45, 2.75) is 158 Å². The second-order valence-electron chi connectivity index (χ2n) is 16.2. The van der Waals surface area contributed by atoms with E-state index in [0.717, 1.165) is 43.6 Å². The normalized spacial score (nSPS) is 56.6. The molecule has 11 aliphatic rings. The van der Waals surface area contributed by atoms with Gasteiger partial charge in [0.05, 0.1) is 74.1 Å². The summed E-state index contributed by atoms with van der Waals surface area (Å²) in [6.07, 6.45) is 20.2. The number of hydrogen-bond acceptors (Lipinski definition) is 8. The minimum Gasteiger partial charge on any atom is -0.465 e. The Labute approximate surface area is 256 Å². The number of carbonyl (C=O) groups is 1. The molecule has 6 aliphatic carbocycles. The van der Waals surface area contributed by atoms with Gasteiger partial charge in [0, 0.05) is 0 Å². The highest BCUT2D eigenvalue weighted by Crippen LogP contribution is 2.54. The lowest BCUT2D eigenvalue weighted by atomic mass is 9.80. The topological polar surface area (TPSA) is 98.2 Å². The summed E-state index contributed by atoms with van der Waals surface area (Å²) < 4.78 is 38.9. The molecule has 5 heterocycles. The van der Waals surface area contributed by atoms with Crippen molar-refractivity contribution in [3.63, 3.8) is 0 Å². The van der Waals surface area contributed by atoms with Crippen molar-refractivity contribution in [1.29, 1.82) is 0 Å². The Morgan fingerprint density at radius 2 is 1.26 bits per heavy atom. The molecule has 240 valence electrons. The van der Waals surface area contributed by atoms with Gasteiger partial charge in [0.15, 0.2) is 0 Å². The molecule has 8 nitrogen and oxygen atoms in total. The van der Waals surface area contributed by atoms with Crippen molar-refractivity contribution in [3.05, 3.63) is 0 Å². The molecule has 0 bridgehead atoms. The van der Waals surface area contributed by atoms with Crippen LogP contribution < -0.4 is 0 Å². The average molecular weight is 601 g/mol. The lowest BCUT2D eigenvalue weighted by Gasteiger charge is -2.29. The van der Waals surface area contributed by atoms with Gasteiger partial charge in [-0.15, -0.1) is 0 Å². The molecule has 0 radical (unpaired) electrons. The van der Waals surface area contributed by atoms with Gasteiger partial charge in [-0.1, -0.05) is 13.8 Å². The quantitative estimate of drug-likeness (QED) is 0.316. The smallest absolute Gasteiger partial charge is 0.309 e. The highest BCUT2D eigenvalue weighted by atomic mass is 16.7.